The summed E-state index contributed by atoms with van der Waals surface area (Å²) in [5.41, 5.74) is 4.38. The zero-order valence-corrected chi connectivity index (χ0v) is 15.0. The molecule has 1 rings (SSSR count). The van der Waals surface area contributed by atoms with E-state index in [2.05, 4.69) is 50.7 Å². The lowest BCUT2D eigenvalue weighted by Crippen LogP contribution is -2.49. The smallest absolute Gasteiger partial charge is 0.129 e. The van der Waals surface area contributed by atoms with Gasteiger partial charge >= 0.3 is 0 Å². The van der Waals surface area contributed by atoms with E-state index in [0.29, 0.717) is 6.42 Å². The fourth-order valence-electron chi connectivity index (χ4n) is 1.95. The fourth-order valence-corrected chi connectivity index (χ4v) is 4.22. The highest BCUT2D eigenvalue weighted by Gasteiger charge is 2.42. The Balaban J connectivity index is 3.12. The van der Waals surface area contributed by atoms with Crippen molar-refractivity contribution in [2.24, 2.45) is 0 Å². The van der Waals surface area contributed by atoms with Gasteiger partial charge in [0.2, 0.25) is 0 Å². The third-order valence-corrected chi connectivity index (χ3v) is 7.17. The molecule has 0 saturated heterocycles. The molecule has 1 aromatic carbocycles. The highest BCUT2D eigenvalue weighted by molar-refractivity contribution is 6.84. The van der Waals surface area contributed by atoms with Crippen molar-refractivity contribution in [3.8, 4) is 11.5 Å². The van der Waals surface area contributed by atoms with Gasteiger partial charge in [-0.1, -0.05) is 69.6 Å². The molecule has 0 aliphatic carbocycles. The lowest BCUT2D eigenvalue weighted by atomic mass is 10.1. The third-order valence-electron chi connectivity index (χ3n) is 3.30. The Hall–Kier alpha value is -0.826. The molecular weight excluding hydrogens is 264 g/mol. The van der Waals surface area contributed by atoms with Crippen LogP contribution in [0.15, 0.2) is 30.3 Å². The van der Waals surface area contributed by atoms with Crippen molar-refractivity contribution >= 4 is 16.1 Å². The van der Waals surface area contributed by atoms with Crippen LogP contribution in [-0.4, -0.2) is 21.3 Å². The first-order chi connectivity index (χ1) is 8.56. The van der Waals surface area contributed by atoms with E-state index in [1.165, 1.54) is 0 Å². The second-order valence-electron chi connectivity index (χ2n) is 7.20. The van der Waals surface area contributed by atoms with Crippen LogP contribution in [0.1, 0.15) is 12.0 Å². The molecule has 0 fully saturated rings. The molecule has 1 aromatic rings. The third kappa shape index (κ3) is 4.34. The van der Waals surface area contributed by atoms with E-state index in [4.69, 9.17) is 0 Å². The van der Waals surface area contributed by atoms with Gasteiger partial charge in [-0.3, -0.25) is 0 Å². The van der Waals surface area contributed by atoms with E-state index in [0.717, 1.165) is 5.56 Å². The first-order valence-corrected chi connectivity index (χ1v) is 13.8. The highest BCUT2D eigenvalue weighted by Crippen LogP contribution is 2.34. The van der Waals surface area contributed by atoms with Gasteiger partial charge in [0.15, 0.2) is 0 Å². The van der Waals surface area contributed by atoms with Gasteiger partial charge in [0, 0.05) is 6.42 Å². The molecule has 1 atom stereocenters. The Morgan fingerprint density at radius 3 is 1.95 bits per heavy atom. The van der Waals surface area contributed by atoms with Gasteiger partial charge in [0.05, 0.1) is 13.3 Å². The molecule has 0 aromatic heterocycles. The number of benzene rings is 1. The zero-order chi connectivity index (χ0) is 14.7. The molecule has 0 aliphatic heterocycles. The summed E-state index contributed by atoms with van der Waals surface area (Å²) in [6, 6.07) is 10.0. The van der Waals surface area contributed by atoms with Crippen molar-refractivity contribution in [3.05, 3.63) is 35.9 Å². The average molecular weight is 291 g/mol. The van der Waals surface area contributed by atoms with Gasteiger partial charge in [-0.2, -0.15) is 0 Å². The predicted molar refractivity (Wildman–Crippen MR) is 89.4 cm³/mol. The normalized spacial score (nSPS) is 15.3. The van der Waals surface area contributed by atoms with Gasteiger partial charge in [0.25, 0.3) is 0 Å². The van der Waals surface area contributed by atoms with Crippen molar-refractivity contribution in [2.75, 3.05) is 0 Å². The summed E-state index contributed by atoms with van der Waals surface area (Å²) < 4.78 is 0. The van der Waals surface area contributed by atoms with Gasteiger partial charge in [-0.05, 0) is 5.56 Å². The molecule has 0 aliphatic rings. The van der Waals surface area contributed by atoms with Crippen LogP contribution < -0.4 is 0 Å². The standard InChI is InChI=1S/C16H26OSi2/c1-18(2,3)14-10-13-16(17,19(4,5)6)15-11-8-7-9-12-15/h7-9,11-12,17H,13H2,1-6H3. The van der Waals surface area contributed by atoms with Crippen LogP contribution in [0.3, 0.4) is 0 Å². The summed E-state index contributed by atoms with van der Waals surface area (Å²) >= 11 is 0. The van der Waals surface area contributed by atoms with Crippen molar-refractivity contribution in [2.45, 2.75) is 50.9 Å². The van der Waals surface area contributed by atoms with Gasteiger partial charge in [0.1, 0.15) is 8.07 Å². The molecule has 0 bridgehead atoms. The van der Waals surface area contributed by atoms with Crippen LogP contribution in [0, 0.1) is 11.5 Å². The van der Waals surface area contributed by atoms with Gasteiger partial charge < -0.3 is 5.11 Å². The monoisotopic (exact) mass is 290 g/mol. The van der Waals surface area contributed by atoms with Crippen LogP contribution in [0.5, 0.6) is 0 Å². The van der Waals surface area contributed by atoms with E-state index >= 15 is 0 Å². The van der Waals surface area contributed by atoms with Crippen molar-refractivity contribution < 1.29 is 5.11 Å². The SMILES string of the molecule is C[Si](C)(C)C#CCC(O)(c1ccccc1)[Si](C)(C)C. The minimum absolute atomic E-state index is 0.553. The van der Waals surface area contributed by atoms with Crippen LogP contribution in [-0.2, 0) is 5.22 Å². The Labute approximate surface area is 120 Å². The maximum atomic E-state index is 11.2. The molecule has 0 radical (unpaired) electrons. The minimum Gasteiger partial charge on any atom is -0.388 e. The summed E-state index contributed by atoms with van der Waals surface area (Å²) in [7, 11) is -3.15. The number of hydrogen-bond donors (Lipinski definition) is 1. The maximum Gasteiger partial charge on any atom is 0.129 e. The van der Waals surface area contributed by atoms with Gasteiger partial charge in [-0.15, -0.1) is 11.5 Å². The molecule has 1 nitrogen and oxygen atoms in total. The van der Waals surface area contributed by atoms with E-state index < -0.39 is 21.4 Å². The molecule has 3 heteroatoms. The summed E-state index contributed by atoms with van der Waals surface area (Å²) in [6.07, 6.45) is 0.553. The van der Waals surface area contributed by atoms with E-state index in [-0.39, 0.29) is 0 Å². The number of rotatable bonds is 3. The van der Waals surface area contributed by atoms with E-state index in [1.807, 2.05) is 30.3 Å². The summed E-state index contributed by atoms with van der Waals surface area (Å²) in [5, 5.41) is 10.4. The fraction of sp³-hybridized carbons (Fsp3) is 0.500. The average Bonchev–Trinajstić information content (AvgIpc) is 2.26. The first-order valence-electron chi connectivity index (χ1n) is 6.84. The Morgan fingerprint density at radius 2 is 1.53 bits per heavy atom. The quantitative estimate of drug-likeness (QED) is 0.658. The highest BCUT2D eigenvalue weighted by atomic mass is 28.3. The molecular formula is C16H26OSi2. The minimum atomic E-state index is -1.78. The first kappa shape index (κ1) is 16.2. The summed E-state index contributed by atoms with van der Waals surface area (Å²) in [4.78, 5) is 0. The number of hydrogen-bond acceptors (Lipinski definition) is 1. The van der Waals surface area contributed by atoms with Crippen LogP contribution in [0.2, 0.25) is 39.3 Å². The second-order valence-corrected chi connectivity index (χ2v) is 17.3. The van der Waals surface area contributed by atoms with Crippen molar-refractivity contribution in [1.82, 2.24) is 0 Å². The Morgan fingerprint density at radius 1 is 1.00 bits per heavy atom. The number of aliphatic hydroxyl groups is 1. The second kappa shape index (κ2) is 5.66. The molecule has 0 saturated carbocycles. The Bertz CT molecular complexity index is 471. The molecule has 0 spiro atoms. The largest absolute Gasteiger partial charge is 0.388 e. The summed E-state index contributed by atoms with van der Waals surface area (Å²) in [6.45, 7) is 13.3. The van der Waals surface area contributed by atoms with Crippen LogP contribution in [0.4, 0.5) is 0 Å². The van der Waals surface area contributed by atoms with Crippen molar-refractivity contribution in [3.63, 3.8) is 0 Å². The molecule has 104 valence electrons. The molecule has 1 unspecified atom stereocenters. The Kier molecular flexibility index (Phi) is 4.83. The van der Waals surface area contributed by atoms with Crippen LogP contribution >= 0.6 is 0 Å². The summed E-state index contributed by atoms with van der Waals surface area (Å²) in [5.74, 6) is 3.27. The van der Waals surface area contributed by atoms with Crippen molar-refractivity contribution in [1.29, 1.82) is 0 Å². The zero-order valence-electron chi connectivity index (χ0n) is 13.0. The van der Waals surface area contributed by atoms with Gasteiger partial charge in [-0.25, -0.2) is 0 Å². The van der Waals surface area contributed by atoms with E-state index in [1.54, 1.807) is 0 Å². The molecule has 1 N–H and O–H groups in total. The predicted octanol–water partition coefficient (Wildman–Crippen LogP) is 4.02. The lowest BCUT2D eigenvalue weighted by molar-refractivity contribution is 0.120. The lowest BCUT2D eigenvalue weighted by Gasteiger charge is -2.38. The van der Waals surface area contributed by atoms with E-state index in [9.17, 15) is 5.11 Å². The topological polar surface area (TPSA) is 20.2 Å². The molecule has 19 heavy (non-hydrogen) atoms. The molecule has 0 amide bonds. The maximum absolute atomic E-state index is 11.2. The van der Waals surface area contributed by atoms with Crippen LogP contribution in [0.25, 0.3) is 0 Å². The molecule has 0 heterocycles.